The number of methoxy groups -OCH3 is 1. The molecule has 0 spiro atoms. The van der Waals surface area contributed by atoms with Crippen LogP contribution in [0.2, 0.25) is 0 Å². The molecule has 0 saturated carbocycles. The van der Waals surface area contributed by atoms with E-state index in [9.17, 15) is 0 Å². The average Bonchev–Trinajstić information content (AvgIpc) is 2.54. The Bertz CT molecular complexity index is 246. The normalized spacial score (nSPS) is 11.9. The van der Waals surface area contributed by atoms with Crippen molar-refractivity contribution < 1.29 is 9.47 Å². The second kappa shape index (κ2) is 20.4. The van der Waals surface area contributed by atoms with E-state index in [-0.39, 0.29) is 0 Å². The summed E-state index contributed by atoms with van der Waals surface area (Å²) in [6.07, 6.45) is 24.9. The molecule has 0 aromatic rings. The van der Waals surface area contributed by atoms with E-state index in [1.165, 1.54) is 70.6 Å². The first-order chi connectivity index (χ1) is 10.9. The molecule has 0 bridgehead atoms. The molecule has 0 rings (SSSR count). The van der Waals surface area contributed by atoms with Gasteiger partial charge in [-0.3, -0.25) is 0 Å². The van der Waals surface area contributed by atoms with Crippen LogP contribution in [-0.2, 0) is 9.47 Å². The fourth-order valence-electron chi connectivity index (χ4n) is 2.32. The summed E-state index contributed by atoms with van der Waals surface area (Å²) in [4.78, 5) is 0. The van der Waals surface area contributed by atoms with Gasteiger partial charge in [-0.05, 0) is 38.5 Å². The largest absolute Gasteiger partial charge is 0.359 e. The average molecular weight is 311 g/mol. The van der Waals surface area contributed by atoms with E-state index in [1.807, 2.05) is 0 Å². The zero-order valence-corrected chi connectivity index (χ0v) is 15.0. The maximum atomic E-state index is 5.22. The van der Waals surface area contributed by atoms with Crippen molar-refractivity contribution in [2.45, 2.75) is 84.0 Å². The molecule has 0 aliphatic heterocycles. The van der Waals surface area contributed by atoms with Crippen molar-refractivity contribution in [1.82, 2.24) is 0 Å². The van der Waals surface area contributed by atoms with Crippen molar-refractivity contribution in [3.8, 4) is 0 Å². The molecule has 130 valence electrons. The van der Waals surface area contributed by atoms with Gasteiger partial charge in [0, 0.05) is 7.11 Å². The summed E-state index contributed by atoms with van der Waals surface area (Å²) < 4.78 is 10.0. The maximum Gasteiger partial charge on any atom is 0.146 e. The fraction of sp³-hybridized carbons (Fsp3) is 0.800. The molecule has 0 unspecified atom stereocenters. The molecule has 0 fully saturated rings. The molecule has 0 heterocycles. The van der Waals surface area contributed by atoms with Crippen LogP contribution in [0.15, 0.2) is 24.3 Å². The molecule has 0 aromatic heterocycles. The topological polar surface area (TPSA) is 18.5 Å². The molecule has 0 aromatic carbocycles. The number of allylic oxidation sites excluding steroid dienone is 3. The molecular formula is C20H38O2. The first-order valence-electron chi connectivity index (χ1n) is 9.28. The number of ether oxygens (including phenoxy) is 2. The lowest BCUT2D eigenvalue weighted by Crippen LogP contribution is -1.96. The quantitative estimate of drug-likeness (QED) is 0.175. The molecule has 0 atom stereocenters. The van der Waals surface area contributed by atoms with Gasteiger partial charge in [0.05, 0.1) is 6.61 Å². The van der Waals surface area contributed by atoms with Gasteiger partial charge in [0.1, 0.15) is 6.79 Å². The highest BCUT2D eigenvalue weighted by molar-refractivity contribution is 4.81. The molecular weight excluding hydrogens is 272 g/mol. The van der Waals surface area contributed by atoms with Crippen LogP contribution in [0.5, 0.6) is 0 Å². The first kappa shape index (κ1) is 21.4. The van der Waals surface area contributed by atoms with Gasteiger partial charge >= 0.3 is 0 Å². The highest BCUT2D eigenvalue weighted by atomic mass is 16.7. The van der Waals surface area contributed by atoms with Crippen LogP contribution in [0.3, 0.4) is 0 Å². The SMILES string of the molecule is CCCC/C=C/CCCCCCCC/C=C/CCOCOC. The van der Waals surface area contributed by atoms with Gasteiger partial charge in [0.25, 0.3) is 0 Å². The van der Waals surface area contributed by atoms with Crippen LogP contribution in [0.25, 0.3) is 0 Å². The smallest absolute Gasteiger partial charge is 0.146 e. The summed E-state index contributed by atoms with van der Waals surface area (Å²) in [5.74, 6) is 0. The van der Waals surface area contributed by atoms with E-state index in [1.54, 1.807) is 7.11 Å². The molecule has 0 radical (unpaired) electrons. The molecule has 0 saturated heterocycles. The van der Waals surface area contributed by atoms with Gasteiger partial charge in [-0.2, -0.15) is 0 Å². The van der Waals surface area contributed by atoms with E-state index in [2.05, 4.69) is 31.2 Å². The zero-order chi connectivity index (χ0) is 16.1. The summed E-state index contributed by atoms with van der Waals surface area (Å²) >= 11 is 0. The summed E-state index contributed by atoms with van der Waals surface area (Å²) in [5, 5.41) is 0. The lowest BCUT2D eigenvalue weighted by atomic mass is 10.1. The van der Waals surface area contributed by atoms with Crippen molar-refractivity contribution in [3.05, 3.63) is 24.3 Å². The minimum Gasteiger partial charge on any atom is -0.359 e. The molecule has 0 amide bonds. The number of hydrogen-bond acceptors (Lipinski definition) is 2. The van der Waals surface area contributed by atoms with E-state index in [0.717, 1.165) is 13.0 Å². The van der Waals surface area contributed by atoms with Crippen LogP contribution < -0.4 is 0 Å². The van der Waals surface area contributed by atoms with Crippen molar-refractivity contribution in [1.29, 1.82) is 0 Å². The van der Waals surface area contributed by atoms with E-state index in [4.69, 9.17) is 9.47 Å². The van der Waals surface area contributed by atoms with E-state index >= 15 is 0 Å². The Balaban J connectivity index is 3.08. The number of unbranched alkanes of at least 4 members (excludes halogenated alkanes) is 9. The molecule has 22 heavy (non-hydrogen) atoms. The third-order valence-electron chi connectivity index (χ3n) is 3.68. The molecule has 0 aliphatic carbocycles. The zero-order valence-electron chi connectivity index (χ0n) is 15.0. The van der Waals surface area contributed by atoms with Crippen molar-refractivity contribution in [2.75, 3.05) is 20.5 Å². The summed E-state index contributed by atoms with van der Waals surface area (Å²) in [5.41, 5.74) is 0. The van der Waals surface area contributed by atoms with Gasteiger partial charge in [-0.25, -0.2) is 0 Å². The lowest BCUT2D eigenvalue weighted by Gasteiger charge is -2.00. The standard InChI is InChI=1S/C20H38O2/c1-3-4-5-6-7-8-9-10-11-12-13-14-15-16-17-18-19-22-20-21-2/h6-7,16-17H,3-5,8-15,18-20H2,1-2H3/b7-6+,17-16+. The molecule has 2 heteroatoms. The lowest BCUT2D eigenvalue weighted by molar-refractivity contribution is -0.0285. The summed E-state index contributed by atoms with van der Waals surface area (Å²) in [7, 11) is 1.65. The molecule has 0 N–H and O–H groups in total. The predicted octanol–water partition coefficient (Wildman–Crippen LogP) is 6.42. The van der Waals surface area contributed by atoms with Crippen LogP contribution in [0, 0.1) is 0 Å². The van der Waals surface area contributed by atoms with E-state index < -0.39 is 0 Å². The van der Waals surface area contributed by atoms with Gasteiger partial charge < -0.3 is 9.47 Å². The Morgan fingerprint density at radius 3 is 1.68 bits per heavy atom. The molecule has 0 aliphatic rings. The van der Waals surface area contributed by atoms with Gasteiger partial charge in [-0.1, -0.05) is 69.8 Å². The number of hydrogen-bond donors (Lipinski definition) is 0. The van der Waals surface area contributed by atoms with Crippen LogP contribution in [-0.4, -0.2) is 20.5 Å². The Hall–Kier alpha value is -0.600. The van der Waals surface area contributed by atoms with Crippen LogP contribution in [0.4, 0.5) is 0 Å². The Morgan fingerprint density at radius 1 is 0.636 bits per heavy atom. The third kappa shape index (κ3) is 19.4. The second-order valence-corrected chi connectivity index (χ2v) is 5.89. The van der Waals surface area contributed by atoms with Crippen molar-refractivity contribution in [3.63, 3.8) is 0 Å². The minimum atomic E-state index is 0.405. The van der Waals surface area contributed by atoms with Gasteiger partial charge in [-0.15, -0.1) is 0 Å². The van der Waals surface area contributed by atoms with Crippen molar-refractivity contribution in [2.24, 2.45) is 0 Å². The highest BCUT2D eigenvalue weighted by Crippen LogP contribution is 2.09. The summed E-state index contributed by atoms with van der Waals surface area (Å²) in [6.45, 7) is 3.42. The monoisotopic (exact) mass is 310 g/mol. The Morgan fingerprint density at radius 2 is 1.14 bits per heavy atom. The fourth-order valence-corrected chi connectivity index (χ4v) is 2.32. The second-order valence-electron chi connectivity index (χ2n) is 5.89. The maximum absolute atomic E-state index is 5.22. The minimum absolute atomic E-state index is 0.405. The Kier molecular flexibility index (Phi) is 19.8. The highest BCUT2D eigenvalue weighted by Gasteiger charge is 1.90. The van der Waals surface area contributed by atoms with Crippen LogP contribution in [0.1, 0.15) is 84.0 Å². The third-order valence-corrected chi connectivity index (χ3v) is 3.68. The van der Waals surface area contributed by atoms with Gasteiger partial charge in [0.15, 0.2) is 0 Å². The molecule has 2 nitrogen and oxygen atoms in total. The first-order valence-corrected chi connectivity index (χ1v) is 9.28. The van der Waals surface area contributed by atoms with Gasteiger partial charge in [0.2, 0.25) is 0 Å². The Labute approximate surface area is 139 Å². The summed E-state index contributed by atoms with van der Waals surface area (Å²) in [6, 6.07) is 0. The van der Waals surface area contributed by atoms with Crippen molar-refractivity contribution >= 4 is 0 Å². The van der Waals surface area contributed by atoms with E-state index in [0.29, 0.717) is 6.79 Å². The number of rotatable bonds is 17. The predicted molar refractivity (Wildman–Crippen MR) is 97.2 cm³/mol. The van der Waals surface area contributed by atoms with Crippen LogP contribution >= 0.6 is 0 Å².